The van der Waals surface area contributed by atoms with Crippen molar-refractivity contribution in [3.63, 3.8) is 0 Å². The van der Waals surface area contributed by atoms with Crippen molar-refractivity contribution in [2.24, 2.45) is 0 Å². The first kappa shape index (κ1) is 15.7. The van der Waals surface area contributed by atoms with Crippen LogP contribution in [0.25, 0.3) is 0 Å². The molecule has 0 saturated carbocycles. The number of rotatable bonds is 4. The summed E-state index contributed by atoms with van der Waals surface area (Å²) in [5.74, 6) is 0.505. The Morgan fingerprint density at radius 2 is 1.88 bits per heavy atom. The monoisotopic (exact) mass is 250 g/mol. The van der Waals surface area contributed by atoms with Gasteiger partial charge in [-0.2, -0.15) is 0 Å². The van der Waals surface area contributed by atoms with Gasteiger partial charge in [-0.3, -0.25) is 0 Å². The van der Waals surface area contributed by atoms with Crippen molar-refractivity contribution in [3.8, 4) is 5.75 Å². The van der Waals surface area contributed by atoms with Crippen molar-refractivity contribution in [1.29, 1.82) is 0 Å². The molecule has 0 radical (unpaired) electrons. The molecule has 1 aromatic rings. The first-order chi connectivity index (χ1) is 6.89. The van der Waals surface area contributed by atoms with Crippen molar-refractivity contribution in [3.05, 3.63) is 36.4 Å². The van der Waals surface area contributed by atoms with Crippen LogP contribution < -0.4 is 34.3 Å². The van der Waals surface area contributed by atoms with E-state index in [1.54, 1.807) is 0 Å². The van der Waals surface area contributed by atoms with Crippen LogP contribution in [0, 0.1) is 0 Å². The molecular weight excluding hydrogens is 239 g/mol. The molecular formula is C10H11NaO4S. The molecule has 0 heterocycles. The van der Waals surface area contributed by atoms with Crippen molar-refractivity contribution < 1.29 is 47.3 Å². The Hall–Kier alpha value is -0.330. The number of benzene rings is 1. The van der Waals surface area contributed by atoms with Gasteiger partial charge < -0.3 is 9.29 Å². The van der Waals surface area contributed by atoms with E-state index in [0.717, 1.165) is 5.57 Å². The van der Waals surface area contributed by atoms with E-state index in [1.165, 1.54) is 24.3 Å². The van der Waals surface area contributed by atoms with E-state index < -0.39 is 10.1 Å². The van der Waals surface area contributed by atoms with Gasteiger partial charge in [0.25, 0.3) is 0 Å². The molecule has 0 N–H and O–H groups in total. The fourth-order valence-electron chi connectivity index (χ4n) is 0.909. The summed E-state index contributed by atoms with van der Waals surface area (Å²) in [6, 6.07) is 5.31. The standard InChI is InChI=1S/C10H12O4S.Na/c1-8(2)7-14-9-3-5-10(6-4-9)15(11,12)13;/h3-6H,1,7H2,2H3,(H,11,12,13);/q;+1/p-1. The Morgan fingerprint density at radius 1 is 1.38 bits per heavy atom. The van der Waals surface area contributed by atoms with Crippen LogP contribution in [0.15, 0.2) is 41.3 Å². The summed E-state index contributed by atoms with van der Waals surface area (Å²) in [6.45, 7) is 5.84. The van der Waals surface area contributed by atoms with E-state index in [9.17, 15) is 13.0 Å². The minimum absolute atomic E-state index is 0. The van der Waals surface area contributed by atoms with Crippen LogP contribution in [0.3, 0.4) is 0 Å². The van der Waals surface area contributed by atoms with Gasteiger partial charge in [-0.05, 0) is 36.8 Å². The normalized spacial score (nSPS) is 10.4. The third-order valence-corrected chi connectivity index (χ3v) is 2.45. The van der Waals surface area contributed by atoms with Gasteiger partial charge in [0.05, 0.1) is 4.90 Å². The van der Waals surface area contributed by atoms with Gasteiger partial charge in [-0.1, -0.05) is 6.58 Å². The van der Waals surface area contributed by atoms with Crippen LogP contribution in [0.2, 0.25) is 0 Å². The quantitative estimate of drug-likeness (QED) is 0.372. The molecule has 0 unspecified atom stereocenters. The maximum Gasteiger partial charge on any atom is 1.00 e. The second kappa shape index (κ2) is 6.42. The maximum absolute atomic E-state index is 10.6. The van der Waals surface area contributed by atoms with E-state index in [-0.39, 0.29) is 34.5 Å². The van der Waals surface area contributed by atoms with Crippen LogP contribution in [0.4, 0.5) is 0 Å². The Morgan fingerprint density at radius 3 is 2.25 bits per heavy atom. The van der Waals surface area contributed by atoms with E-state index in [2.05, 4.69) is 6.58 Å². The molecule has 0 spiro atoms. The first-order valence-corrected chi connectivity index (χ1v) is 5.63. The summed E-state index contributed by atoms with van der Waals surface area (Å²) < 4.78 is 37.0. The fourth-order valence-corrected chi connectivity index (χ4v) is 1.38. The van der Waals surface area contributed by atoms with E-state index in [0.29, 0.717) is 12.4 Å². The van der Waals surface area contributed by atoms with Gasteiger partial charge in [0, 0.05) is 0 Å². The summed E-state index contributed by atoms with van der Waals surface area (Å²) in [5.41, 5.74) is 0.857. The van der Waals surface area contributed by atoms with Gasteiger partial charge in [-0.15, -0.1) is 0 Å². The zero-order valence-electron chi connectivity index (χ0n) is 9.26. The van der Waals surface area contributed by atoms with Gasteiger partial charge >= 0.3 is 29.6 Å². The third-order valence-electron chi connectivity index (χ3n) is 1.60. The van der Waals surface area contributed by atoms with Crippen molar-refractivity contribution in [2.75, 3.05) is 6.61 Å². The molecule has 0 aliphatic carbocycles. The average molecular weight is 250 g/mol. The molecule has 0 saturated heterocycles. The maximum atomic E-state index is 10.6. The molecule has 82 valence electrons. The van der Waals surface area contributed by atoms with Crippen LogP contribution in [0.1, 0.15) is 6.92 Å². The minimum Gasteiger partial charge on any atom is -0.744 e. The number of ether oxygens (including phenoxy) is 1. The molecule has 0 bridgehead atoms. The van der Waals surface area contributed by atoms with Gasteiger partial charge in [-0.25, -0.2) is 8.42 Å². The smallest absolute Gasteiger partial charge is 0.744 e. The van der Waals surface area contributed by atoms with E-state index in [1.807, 2.05) is 6.92 Å². The molecule has 0 fully saturated rings. The number of hydrogen-bond acceptors (Lipinski definition) is 4. The summed E-state index contributed by atoms with van der Waals surface area (Å²) in [6.07, 6.45) is 0. The predicted octanol–water partition coefficient (Wildman–Crippen LogP) is -1.45. The fraction of sp³-hybridized carbons (Fsp3) is 0.200. The Balaban J connectivity index is 0.00000225. The van der Waals surface area contributed by atoms with Gasteiger partial charge in [0.1, 0.15) is 22.5 Å². The van der Waals surface area contributed by atoms with E-state index in [4.69, 9.17) is 4.74 Å². The molecule has 0 aliphatic rings. The topological polar surface area (TPSA) is 66.4 Å². The molecule has 1 aromatic carbocycles. The molecule has 0 amide bonds. The van der Waals surface area contributed by atoms with Crippen molar-refractivity contribution in [1.82, 2.24) is 0 Å². The Bertz CT molecular complexity index is 450. The SMILES string of the molecule is C=C(C)COc1ccc(S(=O)(=O)[O-])cc1.[Na+]. The first-order valence-electron chi connectivity index (χ1n) is 4.23. The Labute approximate surface area is 117 Å². The summed E-state index contributed by atoms with van der Waals surface area (Å²) in [5, 5.41) is 0. The molecule has 0 aliphatic heterocycles. The zero-order chi connectivity index (χ0) is 11.5. The Kier molecular flexibility index (Phi) is 6.28. The van der Waals surface area contributed by atoms with Crippen LogP contribution in [0.5, 0.6) is 5.75 Å². The van der Waals surface area contributed by atoms with Crippen LogP contribution >= 0.6 is 0 Å². The largest absolute Gasteiger partial charge is 1.00 e. The molecule has 0 aromatic heterocycles. The zero-order valence-corrected chi connectivity index (χ0v) is 12.1. The molecule has 0 atom stereocenters. The second-order valence-corrected chi connectivity index (χ2v) is 4.55. The number of hydrogen-bond donors (Lipinski definition) is 0. The van der Waals surface area contributed by atoms with Gasteiger partial charge in [0.15, 0.2) is 0 Å². The van der Waals surface area contributed by atoms with E-state index >= 15 is 0 Å². The minimum atomic E-state index is -4.37. The molecule has 16 heavy (non-hydrogen) atoms. The van der Waals surface area contributed by atoms with Crippen molar-refractivity contribution in [2.45, 2.75) is 11.8 Å². The second-order valence-electron chi connectivity index (χ2n) is 3.17. The molecule has 4 nitrogen and oxygen atoms in total. The van der Waals surface area contributed by atoms with Crippen molar-refractivity contribution >= 4 is 10.1 Å². The van der Waals surface area contributed by atoms with Gasteiger partial charge in [0.2, 0.25) is 0 Å². The summed E-state index contributed by atoms with van der Waals surface area (Å²) in [7, 11) is -4.37. The summed E-state index contributed by atoms with van der Waals surface area (Å²) in [4.78, 5) is -0.259. The third kappa shape index (κ3) is 5.14. The summed E-state index contributed by atoms with van der Waals surface area (Å²) >= 11 is 0. The average Bonchev–Trinajstić information content (AvgIpc) is 2.14. The predicted molar refractivity (Wildman–Crippen MR) is 54.7 cm³/mol. The molecule has 6 heteroatoms. The van der Waals surface area contributed by atoms with Crippen LogP contribution in [-0.2, 0) is 10.1 Å². The van der Waals surface area contributed by atoms with Crippen LogP contribution in [-0.4, -0.2) is 19.6 Å². The molecule has 1 rings (SSSR count).